The summed E-state index contributed by atoms with van der Waals surface area (Å²) in [6, 6.07) is 0.486. The van der Waals surface area contributed by atoms with Gasteiger partial charge in [-0.15, -0.1) is 0 Å². The summed E-state index contributed by atoms with van der Waals surface area (Å²) in [5, 5.41) is 0. The highest BCUT2D eigenvalue weighted by Crippen LogP contribution is 2.58. The molecule has 31 heavy (non-hydrogen) atoms. The third-order valence-corrected chi connectivity index (χ3v) is 17.7. The van der Waals surface area contributed by atoms with Crippen LogP contribution in [-0.4, -0.2) is 44.4 Å². The van der Waals surface area contributed by atoms with Crippen molar-refractivity contribution in [1.82, 2.24) is 0 Å². The summed E-state index contributed by atoms with van der Waals surface area (Å²) in [4.78, 5) is 13.7. The van der Waals surface area contributed by atoms with Crippen molar-refractivity contribution in [3.8, 4) is 0 Å². The number of hydrogen-bond acceptors (Lipinski definition) is 5. The number of rotatable bonds is 10. The fourth-order valence-electron chi connectivity index (χ4n) is 6.97. The van der Waals surface area contributed by atoms with Crippen LogP contribution >= 0.6 is 0 Å². The maximum absolute atomic E-state index is 13.7. The van der Waals surface area contributed by atoms with Crippen LogP contribution < -0.4 is 0 Å². The normalized spacial score (nSPS) is 23.7. The molecule has 0 radical (unpaired) electrons. The van der Waals surface area contributed by atoms with E-state index in [1.807, 2.05) is 6.92 Å². The molecule has 3 aliphatic rings. The third-order valence-electron chi connectivity index (χ3n) is 8.65. The maximum Gasteiger partial charge on any atom is 0.501 e. The van der Waals surface area contributed by atoms with Gasteiger partial charge in [0.25, 0.3) is 14.3 Å². The monoisotopic (exact) mass is 470 g/mol. The van der Waals surface area contributed by atoms with Crippen molar-refractivity contribution in [2.75, 3.05) is 21.3 Å². The molecule has 1 atom stereocenters. The van der Waals surface area contributed by atoms with Gasteiger partial charge in [-0.3, -0.25) is 4.79 Å². The van der Waals surface area contributed by atoms with Crippen molar-refractivity contribution in [3.63, 3.8) is 0 Å². The summed E-state index contributed by atoms with van der Waals surface area (Å²) >= 11 is 0. The van der Waals surface area contributed by atoms with Crippen LogP contribution in [0.25, 0.3) is 0 Å². The number of hydrogen-bond donors (Lipinski definition) is 0. The first-order valence-corrected chi connectivity index (χ1v) is 17.0. The van der Waals surface area contributed by atoms with E-state index in [1.165, 1.54) is 89.9 Å². The molecule has 0 spiro atoms. The smallest absolute Gasteiger partial charge is 0.501 e. The topological polar surface area (TPSA) is 54.0 Å². The molecule has 0 aromatic carbocycles. The Bertz CT molecular complexity index is 524. The molecule has 0 aromatic heterocycles. The minimum Gasteiger partial charge on any atom is -0.518 e. The van der Waals surface area contributed by atoms with Crippen molar-refractivity contribution in [3.05, 3.63) is 0 Å². The molecular formula is C24H46O5Si2. The average molecular weight is 471 g/mol. The van der Waals surface area contributed by atoms with Crippen molar-refractivity contribution in [2.45, 2.75) is 119 Å². The van der Waals surface area contributed by atoms with Gasteiger partial charge in [-0.25, -0.2) is 0 Å². The van der Waals surface area contributed by atoms with E-state index in [4.69, 9.17) is 17.7 Å². The Morgan fingerprint density at radius 1 is 0.710 bits per heavy atom. The minimum atomic E-state index is -2.81. The van der Waals surface area contributed by atoms with E-state index in [-0.39, 0.29) is 11.9 Å². The summed E-state index contributed by atoms with van der Waals surface area (Å²) in [6.07, 6.45) is 18.3. The van der Waals surface area contributed by atoms with Crippen LogP contribution in [0, 0.1) is 5.92 Å². The fourth-order valence-corrected chi connectivity index (χ4v) is 15.9. The van der Waals surface area contributed by atoms with Crippen LogP contribution in [0.3, 0.4) is 0 Å². The van der Waals surface area contributed by atoms with Crippen LogP contribution in [0.4, 0.5) is 0 Å². The molecule has 0 aromatic rings. The van der Waals surface area contributed by atoms with Crippen LogP contribution in [0.2, 0.25) is 22.7 Å². The van der Waals surface area contributed by atoms with Gasteiger partial charge in [-0.1, -0.05) is 58.3 Å². The van der Waals surface area contributed by atoms with Gasteiger partial charge in [0, 0.05) is 27.4 Å². The molecule has 3 aliphatic carbocycles. The molecule has 7 heteroatoms. The van der Waals surface area contributed by atoms with Gasteiger partial charge in [0.2, 0.25) is 0 Å². The molecule has 3 rings (SSSR count). The molecule has 1 unspecified atom stereocenters. The molecule has 0 N–H and O–H groups in total. The Kier molecular flexibility index (Phi) is 9.65. The van der Waals surface area contributed by atoms with Gasteiger partial charge in [0.15, 0.2) is 0 Å². The van der Waals surface area contributed by atoms with E-state index in [9.17, 15) is 4.79 Å². The largest absolute Gasteiger partial charge is 0.518 e. The third kappa shape index (κ3) is 5.65. The van der Waals surface area contributed by atoms with Crippen molar-refractivity contribution < 1.29 is 22.5 Å². The Hall–Kier alpha value is -0.216. The van der Waals surface area contributed by atoms with E-state index in [0.717, 1.165) is 0 Å². The molecule has 3 saturated carbocycles. The lowest BCUT2D eigenvalue weighted by Gasteiger charge is -2.50. The lowest BCUT2D eigenvalue weighted by Crippen LogP contribution is -2.55. The second kappa shape index (κ2) is 11.8. The molecule has 5 nitrogen and oxygen atoms in total. The lowest BCUT2D eigenvalue weighted by atomic mass is 9.99. The molecule has 0 bridgehead atoms. The van der Waals surface area contributed by atoms with E-state index >= 15 is 0 Å². The molecule has 180 valence electrons. The summed E-state index contributed by atoms with van der Waals surface area (Å²) in [7, 11) is -0.192. The van der Waals surface area contributed by atoms with E-state index in [0.29, 0.717) is 22.7 Å². The second-order valence-electron chi connectivity index (χ2n) is 10.3. The molecule has 0 heterocycles. The second-order valence-corrected chi connectivity index (χ2v) is 17.7. The first-order chi connectivity index (χ1) is 15.0. The molecule has 3 fully saturated rings. The van der Waals surface area contributed by atoms with Crippen molar-refractivity contribution >= 4 is 23.1 Å². The first kappa shape index (κ1) is 25.4. The molecule has 0 saturated heterocycles. The van der Waals surface area contributed by atoms with E-state index in [2.05, 4.69) is 0 Å². The predicted octanol–water partition coefficient (Wildman–Crippen LogP) is 6.60. The standard InChI is InChI=1S/C24H46O5Si2/c1-20(19-30(26-2,27-3)28-4)24(25)29-31(23-17-11-12-18-23,21-13-7-5-8-14-21)22-15-9-6-10-16-22/h20-23H,5-19H2,1-4H3. The molecule has 0 aliphatic heterocycles. The highest BCUT2D eigenvalue weighted by atomic mass is 28.4. The summed E-state index contributed by atoms with van der Waals surface area (Å²) < 4.78 is 23.9. The molecule has 0 amide bonds. The van der Waals surface area contributed by atoms with Gasteiger partial charge >= 0.3 is 8.80 Å². The first-order valence-electron chi connectivity index (χ1n) is 12.9. The zero-order chi connectivity index (χ0) is 22.3. The van der Waals surface area contributed by atoms with Gasteiger partial charge in [-0.2, -0.15) is 0 Å². The fraction of sp³-hybridized carbons (Fsp3) is 0.958. The van der Waals surface area contributed by atoms with E-state index < -0.39 is 17.1 Å². The Morgan fingerprint density at radius 3 is 1.42 bits per heavy atom. The quantitative estimate of drug-likeness (QED) is 0.337. The summed E-state index contributed by atoms with van der Waals surface area (Å²) in [5.74, 6) is -0.260. The zero-order valence-corrected chi connectivity index (χ0v) is 22.5. The van der Waals surface area contributed by atoms with E-state index in [1.54, 1.807) is 21.3 Å². The van der Waals surface area contributed by atoms with Crippen LogP contribution in [0.5, 0.6) is 0 Å². The highest BCUT2D eigenvalue weighted by Gasteiger charge is 2.58. The number of carbonyl (C=O) groups excluding carboxylic acids is 1. The van der Waals surface area contributed by atoms with Gasteiger partial charge in [0.1, 0.15) is 0 Å². The van der Waals surface area contributed by atoms with Crippen molar-refractivity contribution in [2.24, 2.45) is 5.92 Å². The van der Waals surface area contributed by atoms with Crippen LogP contribution in [0.15, 0.2) is 0 Å². The predicted molar refractivity (Wildman–Crippen MR) is 128 cm³/mol. The van der Waals surface area contributed by atoms with Crippen LogP contribution in [-0.2, 0) is 22.5 Å². The van der Waals surface area contributed by atoms with Crippen LogP contribution in [0.1, 0.15) is 96.8 Å². The zero-order valence-electron chi connectivity index (χ0n) is 20.5. The number of carbonyl (C=O) groups is 1. The SMILES string of the molecule is CO[Si](CC(C)C(=O)O[Si](C1CCCCC1)(C1CCCCC1)C1CCCC1)(OC)OC. The summed E-state index contributed by atoms with van der Waals surface area (Å²) in [5.41, 5.74) is 2.00. The van der Waals surface area contributed by atoms with Gasteiger partial charge < -0.3 is 17.7 Å². The Balaban J connectivity index is 1.88. The van der Waals surface area contributed by atoms with Gasteiger partial charge in [-0.05, 0) is 55.1 Å². The van der Waals surface area contributed by atoms with Gasteiger partial charge in [0.05, 0.1) is 5.92 Å². The highest BCUT2D eigenvalue weighted by molar-refractivity contribution is 6.79. The Morgan fingerprint density at radius 2 is 1.06 bits per heavy atom. The lowest BCUT2D eigenvalue weighted by molar-refractivity contribution is -0.139. The van der Waals surface area contributed by atoms with Crippen molar-refractivity contribution in [1.29, 1.82) is 0 Å². The Labute approximate surface area is 192 Å². The maximum atomic E-state index is 13.7. The minimum absolute atomic E-state index is 0.00209. The summed E-state index contributed by atoms with van der Waals surface area (Å²) in [6.45, 7) is 1.98. The average Bonchev–Trinajstić information content (AvgIpc) is 3.37. The molecular weight excluding hydrogens is 424 g/mol.